The number of allylic oxidation sites excluding steroid dienone is 1. The number of hydrogen-bond acceptors (Lipinski definition) is 2. The van der Waals surface area contributed by atoms with Crippen molar-refractivity contribution in [2.75, 3.05) is 0 Å². The lowest BCUT2D eigenvalue weighted by molar-refractivity contribution is 0.904. The summed E-state index contributed by atoms with van der Waals surface area (Å²) in [4.78, 5) is 0. The van der Waals surface area contributed by atoms with Crippen LogP contribution in [-0.2, 0) is 0 Å². The summed E-state index contributed by atoms with van der Waals surface area (Å²) < 4.78 is 0. The van der Waals surface area contributed by atoms with E-state index in [1.165, 1.54) is 0 Å². The molecule has 8 heavy (non-hydrogen) atoms. The van der Waals surface area contributed by atoms with Gasteiger partial charge in [0, 0.05) is 12.4 Å². The molecule has 0 amide bonds. The van der Waals surface area contributed by atoms with Crippen molar-refractivity contribution in [1.82, 2.24) is 5.43 Å². The highest BCUT2D eigenvalue weighted by molar-refractivity contribution is 5.22. The maximum Gasteiger partial charge on any atom is 0.0233 e. The van der Waals surface area contributed by atoms with Crippen molar-refractivity contribution in [3.63, 3.8) is 0 Å². The van der Waals surface area contributed by atoms with Gasteiger partial charge >= 0.3 is 0 Å². The summed E-state index contributed by atoms with van der Waals surface area (Å²) >= 11 is 0. The molecule has 48 valence electrons. The van der Waals surface area contributed by atoms with E-state index in [0.717, 1.165) is 5.70 Å². The first-order chi connectivity index (χ1) is 3.77. The largest absolute Gasteiger partial charge is 0.284 e. The van der Waals surface area contributed by atoms with Gasteiger partial charge in [-0.05, 0) is 6.92 Å². The molecule has 0 saturated carbocycles. The van der Waals surface area contributed by atoms with E-state index in [1.807, 2.05) is 20.8 Å². The molecule has 0 bridgehead atoms. The summed E-state index contributed by atoms with van der Waals surface area (Å²) in [5.74, 6) is 0. The number of nitrogens with zero attached hydrogens (tertiary/aromatic N) is 1. The first-order valence-electron chi connectivity index (χ1n) is 2.64. The molecule has 0 unspecified atom stereocenters. The zero-order chi connectivity index (χ0) is 6.99. The monoisotopic (exact) mass is 114 g/mol. The van der Waals surface area contributed by atoms with E-state index >= 15 is 0 Å². The molecule has 0 fully saturated rings. The molecular weight excluding hydrogens is 100 g/mol. The van der Waals surface area contributed by atoms with Gasteiger partial charge in [-0.3, -0.25) is 5.43 Å². The molecule has 0 aliphatic carbocycles. The third-order valence-electron chi connectivity index (χ3n) is 0.270. The van der Waals surface area contributed by atoms with Crippen LogP contribution in [0.5, 0.6) is 0 Å². The normalized spacial score (nSPS) is 5.88. The van der Waals surface area contributed by atoms with E-state index in [-0.39, 0.29) is 0 Å². The fourth-order valence-electron chi connectivity index (χ4n) is 0.135. The van der Waals surface area contributed by atoms with Crippen LogP contribution in [0.2, 0.25) is 0 Å². The fourth-order valence-corrected chi connectivity index (χ4v) is 0.135. The highest BCUT2D eigenvalue weighted by Gasteiger charge is 1.67. The van der Waals surface area contributed by atoms with E-state index in [9.17, 15) is 0 Å². The van der Waals surface area contributed by atoms with Crippen LogP contribution in [0.3, 0.4) is 0 Å². The highest BCUT2D eigenvalue weighted by Crippen LogP contribution is 1.72. The summed E-state index contributed by atoms with van der Waals surface area (Å²) in [6.45, 7) is 12.5. The standard InChI is InChI=1S/C4H8N2.C2H6/c1-4(2)6-5-3;1-2/h6H,1,3H2,2H3;1-2H3. The van der Waals surface area contributed by atoms with Crippen molar-refractivity contribution in [3.05, 3.63) is 12.3 Å². The second kappa shape index (κ2) is 9.51. The van der Waals surface area contributed by atoms with Crippen molar-refractivity contribution < 1.29 is 0 Å². The Kier molecular flexibility index (Phi) is 12.2. The molecule has 0 atom stereocenters. The number of hydrogen-bond donors (Lipinski definition) is 1. The Morgan fingerprint density at radius 2 is 1.88 bits per heavy atom. The zero-order valence-electron chi connectivity index (χ0n) is 5.86. The summed E-state index contributed by atoms with van der Waals surface area (Å²) in [6, 6.07) is 0. The SMILES string of the molecule is C=NNC(=C)C.CC. The van der Waals surface area contributed by atoms with Gasteiger partial charge in [-0.25, -0.2) is 0 Å². The molecule has 0 aliphatic rings. The Balaban J connectivity index is 0. The summed E-state index contributed by atoms with van der Waals surface area (Å²) in [5.41, 5.74) is 3.34. The minimum absolute atomic E-state index is 0.810. The van der Waals surface area contributed by atoms with Crippen LogP contribution in [0.15, 0.2) is 17.4 Å². The van der Waals surface area contributed by atoms with Gasteiger partial charge in [0.1, 0.15) is 0 Å². The molecule has 1 N–H and O–H groups in total. The lowest BCUT2D eigenvalue weighted by Gasteiger charge is -1.89. The van der Waals surface area contributed by atoms with Gasteiger partial charge in [0.25, 0.3) is 0 Å². The fraction of sp³-hybridized carbons (Fsp3) is 0.500. The Labute approximate surface area is 51.3 Å². The second-order valence-electron chi connectivity index (χ2n) is 1.05. The first kappa shape index (κ1) is 10.2. The Bertz CT molecular complexity index is 66.9. The van der Waals surface area contributed by atoms with Crippen LogP contribution >= 0.6 is 0 Å². The molecule has 0 heterocycles. The van der Waals surface area contributed by atoms with Gasteiger partial charge in [0.05, 0.1) is 0 Å². The van der Waals surface area contributed by atoms with E-state index in [4.69, 9.17) is 0 Å². The molecule has 0 saturated heterocycles. The van der Waals surface area contributed by atoms with Crippen LogP contribution in [-0.4, -0.2) is 6.72 Å². The van der Waals surface area contributed by atoms with Gasteiger partial charge < -0.3 is 0 Å². The van der Waals surface area contributed by atoms with Gasteiger partial charge in [-0.1, -0.05) is 20.4 Å². The Morgan fingerprint density at radius 1 is 1.50 bits per heavy atom. The van der Waals surface area contributed by atoms with Crippen molar-refractivity contribution >= 4 is 6.72 Å². The quantitative estimate of drug-likeness (QED) is 0.429. The second-order valence-corrected chi connectivity index (χ2v) is 1.05. The van der Waals surface area contributed by atoms with E-state index in [0.29, 0.717) is 0 Å². The topological polar surface area (TPSA) is 24.4 Å². The molecule has 0 radical (unpaired) electrons. The maximum atomic E-state index is 3.50. The van der Waals surface area contributed by atoms with Crippen LogP contribution in [0, 0.1) is 0 Å². The number of hydrazone groups is 1. The third kappa shape index (κ3) is 18.9. The van der Waals surface area contributed by atoms with E-state index in [2.05, 4.69) is 23.8 Å². The average Bonchev–Trinajstić information content (AvgIpc) is 1.72. The molecule has 2 heteroatoms. The molecule has 0 aromatic carbocycles. The molecular formula is C6H14N2. The number of nitrogens with one attached hydrogen (secondary N) is 1. The van der Waals surface area contributed by atoms with Gasteiger partial charge in [0.15, 0.2) is 0 Å². The lowest BCUT2D eigenvalue weighted by Crippen LogP contribution is -1.96. The van der Waals surface area contributed by atoms with Crippen LogP contribution in [0.25, 0.3) is 0 Å². The predicted molar refractivity (Wildman–Crippen MR) is 38.8 cm³/mol. The molecule has 0 aliphatic heterocycles. The molecule has 0 spiro atoms. The predicted octanol–water partition coefficient (Wildman–Crippen LogP) is 1.75. The summed E-state index contributed by atoms with van der Waals surface area (Å²) in [5, 5.41) is 3.34. The smallest absolute Gasteiger partial charge is 0.0233 e. The van der Waals surface area contributed by atoms with E-state index < -0.39 is 0 Å². The van der Waals surface area contributed by atoms with Gasteiger partial charge in [-0.15, -0.1) is 0 Å². The minimum Gasteiger partial charge on any atom is -0.284 e. The first-order valence-corrected chi connectivity index (χ1v) is 2.64. The third-order valence-corrected chi connectivity index (χ3v) is 0.270. The lowest BCUT2D eigenvalue weighted by atomic mass is 10.6. The van der Waals surface area contributed by atoms with Crippen molar-refractivity contribution in [1.29, 1.82) is 0 Å². The van der Waals surface area contributed by atoms with Crippen molar-refractivity contribution in [3.8, 4) is 0 Å². The molecule has 0 aromatic rings. The number of rotatable bonds is 2. The molecule has 0 aromatic heterocycles. The summed E-state index contributed by atoms with van der Waals surface area (Å²) in [7, 11) is 0. The van der Waals surface area contributed by atoms with Gasteiger partial charge in [0.2, 0.25) is 0 Å². The van der Waals surface area contributed by atoms with Crippen LogP contribution in [0.4, 0.5) is 0 Å². The summed E-state index contributed by atoms with van der Waals surface area (Å²) in [6.07, 6.45) is 0. The van der Waals surface area contributed by atoms with Crippen LogP contribution < -0.4 is 5.43 Å². The van der Waals surface area contributed by atoms with Crippen molar-refractivity contribution in [2.45, 2.75) is 20.8 Å². The average molecular weight is 114 g/mol. The van der Waals surface area contributed by atoms with E-state index in [1.54, 1.807) is 0 Å². The molecule has 0 rings (SSSR count). The highest BCUT2D eigenvalue weighted by atomic mass is 15.3. The van der Waals surface area contributed by atoms with Gasteiger partial charge in [-0.2, -0.15) is 5.10 Å². The van der Waals surface area contributed by atoms with Crippen molar-refractivity contribution in [2.24, 2.45) is 5.10 Å². The maximum absolute atomic E-state index is 3.50. The minimum atomic E-state index is 0.810. The Hall–Kier alpha value is -0.790. The zero-order valence-corrected chi connectivity index (χ0v) is 5.86. The molecule has 2 nitrogen and oxygen atoms in total. The Morgan fingerprint density at radius 3 is 1.88 bits per heavy atom. The van der Waals surface area contributed by atoms with Crippen LogP contribution in [0.1, 0.15) is 20.8 Å².